The first-order valence-corrected chi connectivity index (χ1v) is 7.45. The van der Waals surface area contributed by atoms with Crippen molar-refractivity contribution in [3.63, 3.8) is 0 Å². The minimum absolute atomic E-state index is 0.464. The largest absolute Gasteiger partial charge is 0.351 e. The molecule has 21 heavy (non-hydrogen) atoms. The summed E-state index contributed by atoms with van der Waals surface area (Å²) in [7, 11) is 1.46. The van der Waals surface area contributed by atoms with Gasteiger partial charge in [0.1, 0.15) is 0 Å². The second kappa shape index (κ2) is 7.78. The minimum Gasteiger partial charge on any atom is -0.351 e. The molecule has 0 aliphatic carbocycles. The van der Waals surface area contributed by atoms with Gasteiger partial charge in [0, 0.05) is 20.1 Å². The van der Waals surface area contributed by atoms with Crippen LogP contribution in [0.15, 0.2) is 30.3 Å². The van der Waals surface area contributed by atoms with E-state index in [9.17, 15) is 9.59 Å². The van der Waals surface area contributed by atoms with Crippen molar-refractivity contribution >= 4 is 11.8 Å². The van der Waals surface area contributed by atoms with E-state index in [1.807, 2.05) is 6.07 Å². The number of hydrogen-bond acceptors (Lipinski definition) is 3. The van der Waals surface area contributed by atoms with Gasteiger partial charge in [-0.25, -0.2) is 0 Å². The Labute approximate surface area is 125 Å². The van der Waals surface area contributed by atoms with Crippen molar-refractivity contribution in [3.05, 3.63) is 35.9 Å². The second-order valence-electron chi connectivity index (χ2n) is 5.49. The number of hydrogen-bond donors (Lipinski definition) is 2. The Morgan fingerprint density at radius 1 is 1.14 bits per heavy atom. The molecule has 114 valence electrons. The van der Waals surface area contributed by atoms with Crippen LogP contribution in [0.5, 0.6) is 0 Å². The van der Waals surface area contributed by atoms with Gasteiger partial charge < -0.3 is 10.6 Å². The second-order valence-corrected chi connectivity index (χ2v) is 5.49. The first-order chi connectivity index (χ1) is 10.2. The number of carbonyl (C=O) groups excluding carboxylic acids is 2. The van der Waals surface area contributed by atoms with Crippen molar-refractivity contribution in [1.82, 2.24) is 15.5 Å². The molecule has 0 atom stereocenters. The minimum atomic E-state index is -0.573. The summed E-state index contributed by atoms with van der Waals surface area (Å²) in [5.74, 6) is -0.647. The van der Waals surface area contributed by atoms with Crippen LogP contribution in [-0.4, -0.2) is 43.4 Å². The molecule has 1 aliphatic heterocycles. The normalized spacial score (nSPS) is 16.4. The van der Waals surface area contributed by atoms with Gasteiger partial charge in [0.25, 0.3) is 0 Å². The van der Waals surface area contributed by atoms with Crippen molar-refractivity contribution in [3.8, 4) is 0 Å². The monoisotopic (exact) mass is 289 g/mol. The Bertz CT molecular complexity index is 468. The van der Waals surface area contributed by atoms with Crippen LogP contribution in [0.25, 0.3) is 0 Å². The predicted molar refractivity (Wildman–Crippen MR) is 81.5 cm³/mol. The molecule has 0 unspecified atom stereocenters. The van der Waals surface area contributed by atoms with Crippen LogP contribution in [-0.2, 0) is 16.1 Å². The average Bonchev–Trinajstić information content (AvgIpc) is 2.54. The molecule has 0 saturated carbocycles. The molecule has 0 spiro atoms. The Kier molecular flexibility index (Phi) is 5.75. The van der Waals surface area contributed by atoms with E-state index in [0.717, 1.165) is 32.5 Å². The van der Waals surface area contributed by atoms with Crippen molar-refractivity contribution in [1.29, 1.82) is 0 Å². The number of rotatable bonds is 4. The van der Waals surface area contributed by atoms with Crippen LogP contribution in [0.1, 0.15) is 18.4 Å². The maximum absolute atomic E-state index is 11.4. The molecule has 1 aliphatic rings. The Balaban J connectivity index is 1.69. The van der Waals surface area contributed by atoms with Gasteiger partial charge in [-0.2, -0.15) is 0 Å². The van der Waals surface area contributed by atoms with Crippen LogP contribution >= 0.6 is 0 Å². The van der Waals surface area contributed by atoms with E-state index in [1.165, 1.54) is 12.6 Å². The lowest BCUT2D eigenvalue weighted by Crippen LogP contribution is -2.42. The molecule has 1 fully saturated rings. The maximum Gasteiger partial charge on any atom is 0.309 e. The molecular formula is C16H23N3O2. The number of carbonyl (C=O) groups is 2. The van der Waals surface area contributed by atoms with Gasteiger partial charge in [-0.15, -0.1) is 0 Å². The molecule has 5 nitrogen and oxygen atoms in total. The van der Waals surface area contributed by atoms with Gasteiger partial charge >= 0.3 is 11.8 Å². The molecule has 2 amide bonds. The van der Waals surface area contributed by atoms with Gasteiger partial charge in [-0.05, 0) is 37.4 Å². The van der Waals surface area contributed by atoms with Crippen LogP contribution in [0.3, 0.4) is 0 Å². The molecule has 1 heterocycles. The zero-order valence-electron chi connectivity index (χ0n) is 12.5. The van der Waals surface area contributed by atoms with Gasteiger partial charge in [0.2, 0.25) is 0 Å². The zero-order valence-corrected chi connectivity index (χ0v) is 12.5. The van der Waals surface area contributed by atoms with Crippen LogP contribution < -0.4 is 10.6 Å². The molecule has 0 aromatic heterocycles. The van der Waals surface area contributed by atoms with E-state index in [0.29, 0.717) is 12.5 Å². The fraction of sp³-hybridized carbons (Fsp3) is 0.500. The van der Waals surface area contributed by atoms with E-state index in [4.69, 9.17) is 0 Å². The fourth-order valence-corrected chi connectivity index (χ4v) is 2.62. The smallest absolute Gasteiger partial charge is 0.309 e. The van der Waals surface area contributed by atoms with E-state index < -0.39 is 11.8 Å². The van der Waals surface area contributed by atoms with Crippen molar-refractivity contribution in [2.45, 2.75) is 19.4 Å². The van der Waals surface area contributed by atoms with Crippen LogP contribution in [0.4, 0.5) is 0 Å². The lowest BCUT2D eigenvalue weighted by atomic mass is 9.96. The van der Waals surface area contributed by atoms with Crippen molar-refractivity contribution in [2.75, 3.05) is 26.7 Å². The zero-order chi connectivity index (χ0) is 15.1. The number of likely N-dealkylation sites (N-methyl/N-ethyl adjacent to an activating group) is 1. The Hall–Kier alpha value is -1.88. The third-order valence-corrected chi connectivity index (χ3v) is 3.94. The molecule has 1 saturated heterocycles. The van der Waals surface area contributed by atoms with E-state index in [-0.39, 0.29) is 0 Å². The maximum atomic E-state index is 11.4. The summed E-state index contributed by atoms with van der Waals surface area (Å²) >= 11 is 0. The third kappa shape index (κ3) is 4.86. The lowest BCUT2D eigenvalue weighted by molar-refractivity contribution is -0.139. The standard InChI is InChI=1S/C16H23N3O2/c1-17-15(20)16(21)18-11-13-7-9-19(10-8-13)12-14-5-3-2-4-6-14/h2-6,13H,7-12H2,1H3,(H,17,20)(H,18,21). The van der Waals surface area contributed by atoms with Crippen molar-refractivity contribution in [2.24, 2.45) is 5.92 Å². The van der Waals surface area contributed by atoms with E-state index in [1.54, 1.807) is 0 Å². The van der Waals surface area contributed by atoms with Gasteiger partial charge in [0.15, 0.2) is 0 Å². The molecule has 2 N–H and O–H groups in total. The fourth-order valence-electron chi connectivity index (χ4n) is 2.62. The number of amides is 2. The SMILES string of the molecule is CNC(=O)C(=O)NCC1CCN(Cc2ccccc2)CC1. The summed E-state index contributed by atoms with van der Waals surface area (Å²) < 4.78 is 0. The first kappa shape index (κ1) is 15.5. The highest BCUT2D eigenvalue weighted by molar-refractivity contribution is 6.34. The van der Waals surface area contributed by atoms with Crippen LogP contribution in [0, 0.1) is 5.92 Å². The van der Waals surface area contributed by atoms with Gasteiger partial charge in [-0.3, -0.25) is 14.5 Å². The lowest BCUT2D eigenvalue weighted by Gasteiger charge is -2.32. The number of likely N-dealkylation sites (tertiary alicyclic amines) is 1. The molecule has 0 radical (unpaired) electrons. The highest BCUT2D eigenvalue weighted by atomic mass is 16.2. The Morgan fingerprint density at radius 2 is 1.81 bits per heavy atom. The van der Waals surface area contributed by atoms with E-state index >= 15 is 0 Å². The number of piperidine rings is 1. The highest BCUT2D eigenvalue weighted by Gasteiger charge is 2.20. The Morgan fingerprint density at radius 3 is 2.43 bits per heavy atom. The summed E-state index contributed by atoms with van der Waals surface area (Å²) in [6, 6.07) is 10.5. The van der Waals surface area contributed by atoms with Gasteiger partial charge in [-0.1, -0.05) is 30.3 Å². The molecule has 5 heteroatoms. The third-order valence-electron chi connectivity index (χ3n) is 3.94. The molecule has 2 rings (SSSR count). The first-order valence-electron chi connectivity index (χ1n) is 7.45. The quantitative estimate of drug-likeness (QED) is 0.805. The number of nitrogens with one attached hydrogen (secondary N) is 2. The molecule has 1 aromatic rings. The average molecular weight is 289 g/mol. The molecular weight excluding hydrogens is 266 g/mol. The number of nitrogens with zero attached hydrogens (tertiary/aromatic N) is 1. The molecule has 1 aromatic carbocycles. The molecule has 0 bridgehead atoms. The van der Waals surface area contributed by atoms with Crippen LogP contribution in [0.2, 0.25) is 0 Å². The van der Waals surface area contributed by atoms with E-state index in [2.05, 4.69) is 39.8 Å². The summed E-state index contributed by atoms with van der Waals surface area (Å²) in [6.07, 6.45) is 2.11. The van der Waals surface area contributed by atoms with Crippen molar-refractivity contribution < 1.29 is 9.59 Å². The summed E-state index contributed by atoms with van der Waals surface area (Å²) in [5.41, 5.74) is 1.34. The predicted octanol–water partition coefficient (Wildman–Crippen LogP) is 0.761. The highest BCUT2D eigenvalue weighted by Crippen LogP contribution is 2.18. The summed E-state index contributed by atoms with van der Waals surface area (Å²) in [4.78, 5) is 24.9. The summed E-state index contributed by atoms with van der Waals surface area (Å²) in [6.45, 7) is 3.65. The summed E-state index contributed by atoms with van der Waals surface area (Å²) in [5, 5.41) is 5.03. The van der Waals surface area contributed by atoms with Gasteiger partial charge in [0.05, 0.1) is 0 Å². The topological polar surface area (TPSA) is 61.4 Å². The number of benzene rings is 1.